The Labute approximate surface area is 164 Å². The number of fused-ring (bicyclic) bond motifs is 4. The van der Waals surface area contributed by atoms with Crippen LogP contribution in [0.25, 0.3) is 10.9 Å². The molecule has 6 heteroatoms. The van der Waals surface area contributed by atoms with Gasteiger partial charge in [-0.05, 0) is 37.8 Å². The third kappa shape index (κ3) is 1.82. The third-order valence-electron chi connectivity index (χ3n) is 7.89. The summed E-state index contributed by atoms with van der Waals surface area (Å²) in [6, 6.07) is 8.30. The van der Waals surface area contributed by atoms with Crippen LogP contribution in [0.1, 0.15) is 37.3 Å². The van der Waals surface area contributed by atoms with Crippen molar-refractivity contribution in [3.63, 3.8) is 0 Å². The molecule has 148 valence electrons. The molecule has 3 aliphatic heterocycles. The van der Waals surface area contributed by atoms with E-state index < -0.39 is 11.6 Å². The highest BCUT2D eigenvalue weighted by molar-refractivity contribution is 5.93. The molecule has 2 fully saturated rings. The summed E-state index contributed by atoms with van der Waals surface area (Å²) in [5, 5.41) is 12.5. The molecule has 1 aromatic heterocycles. The smallest absolute Gasteiger partial charge is 0.319 e. The molecule has 0 amide bonds. The van der Waals surface area contributed by atoms with E-state index in [-0.39, 0.29) is 30.0 Å². The maximum atomic E-state index is 13.5. The summed E-state index contributed by atoms with van der Waals surface area (Å²) < 4.78 is 13.6. The molecular weight excluding hydrogens is 356 g/mol. The van der Waals surface area contributed by atoms with Gasteiger partial charge in [-0.1, -0.05) is 18.2 Å². The lowest BCUT2D eigenvalue weighted by molar-refractivity contribution is -0.197. The molecule has 28 heavy (non-hydrogen) atoms. The second kappa shape index (κ2) is 5.59. The lowest BCUT2D eigenvalue weighted by Gasteiger charge is -2.58. The summed E-state index contributed by atoms with van der Waals surface area (Å²) in [5.41, 5.74) is 2.48. The van der Waals surface area contributed by atoms with Crippen molar-refractivity contribution in [3.8, 4) is 0 Å². The monoisotopic (exact) mass is 382 g/mol. The van der Waals surface area contributed by atoms with E-state index in [2.05, 4.69) is 28.5 Å². The molecule has 6 atom stereocenters. The number of hydrogen-bond donors (Lipinski definition) is 1. The Morgan fingerprint density at radius 2 is 2.18 bits per heavy atom. The fourth-order valence-corrected chi connectivity index (χ4v) is 6.87. The molecule has 0 unspecified atom stereocenters. The van der Waals surface area contributed by atoms with Crippen molar-refractivity contribution >= 4 is 16.9 Å². The van der Waals surface area contributed by atoms with Crippen molar-refractivity contribution in [3.05, 3.63) is 35.5 Å². The first-order valence-electron chi connectivity index (χ1n) is 10.3. The van der Waals surface area contributed by atoms with Gasteiger partial charge in [0.2, 0.25) is 0 Å². The second-order valence-corrected chi connectivity index (χ2v) is 8.96. The molecular formula is C22H26N2O4. The van der Waals surface area contributed by atoms with Gasteiger partial charge in [-0.2, -0.15) is 0 Å². The van der Waals surface area contributed by atoms with Crippen LogP contribution >= 0.6 is 0 Å². The van der Waals surface area contributed by atoms with Crippen LogP contribution in [-0.2, 0) is 26.1 Å². The minimum atomic E-state index is -0.746. The number of carbonyl (C=O) groups is 1. The summed E-state index contributed by atoms with van der Waals surface area (Å²) in [5.74, 6) is 0.0602. The first-order valence-corrected chi connectivity index (χ1v) is 10.3. The number of rotatable bonds is 1. The van der Waals surface area contributed by atoms with Crippen molar-refractivity contribution in [1.29, 1.82) is 0 Å². The van der Waals surface area contributed by atoms with Gasteiger partial charge < -0.3 is 19.1 Å². The quantitative estimate of drug-likeness (QED) is 0.766. The van der Waals surface area contributed by atoms with E-state index in [1.807, 2.05) is 12.1 Å². The first-order chi connectivity index (χ1) is 13.6. The van der Waals surface area contributed by atoms with Crippen LogP contribution in [0.5, 0.6) is 0 Å². The lowest BCUT2D eigenvalue weighted by atomic mass is 9.56. The lowest BCUT2D eigenvalue weighted by Crippen LogP contribution is -2.68. The van der Waals surface area contributed by atoms with Crippen molar-refractivity contribution in [1.82, 2.24) is 9.47 Å². The predicted octanol–water partition coefficient (Wildman–Crippen LogP) is 2.19. The summed E-state index contributed by atoms with van der Waals surface area (Å²) >= 11 is 0. The van der Waals surface area contributed by atoms with Crippen LogP contribution in [0.2, 0.25) is 0 Å². The molecule has 1 N–H and O–H groups in total. The number of methoxy groups -OCH3 is 1. The average molecular weight is 382 g/mol. The van der Waals surface area contributed by atoms with Crippen LogP contribution in [0, 0.1) is 11.8 Å². The minimum Gasteiger partial charge on any atom is -0.468 e. The summed E-state index contributed by atoms with van der Waals surface area (Å²) in [7, 11) is 1.50. The molecule has 6 nitrogen and oxygen atoms in total. The fourth-order valence-electron chi connectivity index (χ4n) is 6.87. The number of hydrogen-bond acceptors (Lipinski definition) is 5. The largest absolute Gasteiger partial charge is 0.468 e. The zero-order valence-electron chi connectivity index (χ0n) is 16.3. The number of benzene rings is 1. The van der Waals surface area contributed by atoms with Gasteiger partial charge in [0.25, 0.3) is 0 Å². The van der Waals surface area contributed by atoms with Crippen LogP contribution in [0.15, 0.2) is 24.3 Å². The Morgan fingerprint density at radius 1 is 1.36 bits per heavy atom. The molecule has 0 radical (unpaired) electrons. The van der Waals surface area contributed by atoms with Gasteiger partial charge in [-0.15, -0.1) is 0 Å². The molecule has 6 rings (SSSR count). The van der Waals surface area contributed by atoms with Crippen LogP contribution in [-0.4, -0.2) is 53.1 Å². The number of aliphatic hydroxyl groups excluding tert-OH is 1. The van der Waals surface area contributed by atoms with E-state index >= 15 is 0 Å². The number of nitrogens with zero attached hydrogens (tertiary/aromatic N) is 2. The Kier molecular flexibility index (Phi) is 3.39. The van der Waals surface area contributed by atoms with Gasteiger partial charge in [0.15, 0.2) is 0 Å². The van der Waals surface area contributed by atoms with Crippen molar-refractivity contribution in [2.75, 3.05) is 20.4 Å². The third-order valence-corrected chi connectivity index (χ3v) is 7.89. The summed E-state index contributed by atoms with van der Waals surface area (Å²) in [6.07, 6.45) is 1.81. The fraction of sp³-hybridized carbons (Fsp3) is 0.591. The van der Waals surface area contributed by atoms with Crippen LogP contribution in [0.4, 0.5) is 0 Å². The van der Waals surface area contributed by atoms with Gasteiger partial charge in [0.05, 0.1) is 25.5 Å². The van der Waals surface area contributed by atoms with Gasteiger partial charge >= 0.3 is 5.97 Å². The summed E-state index contributed by atoms with van der Waals surface area (Å²) in [4.78, 5) is 15.9. The molecule has 4 aliphatic rings. The van der Waals surface area contributed by atoms with Crippen molar-refractivity contribution < 1.29 is 19.4 Å². The van der Waals surface area contributed by atoms with Crippen LogP contribution in [0.3, 0.4) is 0 Å². The molecule has 4 heterocycles. The van der Waals surface area contributed by atoms with E-state index in [4.69, 9.17) is 9.47 Å². The Bertz CT molecular complexity index is 984. The maximum Gasteiger partial charge on any atom is 0.319 e. The van der Waals surface area contributed by atoms with Crippen molar-refractivity contribution in [2.45, 2.75) is 50.0 Å². The Morgan fingerprint density at radius 3 is 3.00 bits per heavy atom. The van der Waals surface area contributed by atoms with E-state index in [9.17, 15) is 9.90 Å². The molecule has 1 aliphatic carbocycles. The predicted molar refractivity (Wildman–Crippen MR) is 103 cm³/mol. The zero-order chi connectivity index (χ0) is 19.2. The average Bonchev–Trinajstić information content (AvgIpc) is 2.97. The topological polar surface area (TPSA) is 63.9 Å². The molecule has 1 saturated heterocycles. The van der Waals surface area contributed by atoms with E-state index in [1.165, 1.54) is 12.7 Å². The van der Waals surface area contributed by atoms with Gasteiger partial charge in [-0.25, -0.2) is 0 Å². The second-order valence-electron chi connectivity index (χ2n) is 8.96. The normalized spacial score (nSPS) is 38.9. The summed E-state index contributed by atoms with van der Waals surface area (Å²) in [6.45, 7) is 3.52. The number of esters is 1. The number of aromatic nitrogens is 1. The Hall–Kier alpha value is -1.89. The van der Waals surface area contributed by atoms with Crippen LogP contribution < -0.4 is 0 Å². The zero-order valence-corrected chi connectivity index (χ0v) is 16.3. The molecule has 2 aromatic rings. The number of aliphatic hydroxyl groups is 1. The molecule has 1 saturated carbocycles. The van der Waals surface area contributed by atoms with Gasteiger partial charge in [0, 0.05) is 35.5 Å². The number of para-hydroxylation sites is 1. The SMILES string of the molecule is COC(=O)[C@]12C[C@@H]3C[C@H]4[C@H](C)OCN(CCc5c1n(c1ccccc51)[C@H]3O)[C@@H]42. The highest BCUT2D eigenvalue weighted by Crippen LogP contribution is 2.59. The minimum absolute atomic E-state index is 0.0145. The van der Waals surface area contributed by atoms with E-state index in [0.717, 1.165) is 36.0 Å². The first kappa shape index (κ1) is 17.0. The van der Waals surface area contributed by atoms with Gasteiger partial charge in [-0.3, -0.25) is 9.69 Å². The molecule has 0 spiro atoms. The molecule has 2 bridgehead atoms. The van der Waals surface area contributed by atoms with E-state index in [0.29, 0.717) is 13.2 Å². The maximum absolute atomic E-state index is 13.5. The Balaban J connectivity index is 1.74. The standard InChI is InChI=1S/C22H26N2O4/c1-12-16-9-13-10-22(21(26)27-2)18(16)23(11-28-12)8-7-15-14-5-3-4-6-17(14)24(19(15)22)20(13)25/h3-6,12-13,16,18,20,25H,7-11H2,1-2H3/t12-,13-,16-,18-,20-,22-/m0/s1. The van der Waals surface area contributed by atoms with Gasteiger partial charge in [0.1, 0.15) is 11.6 Å². The highest BCUT2D eigenvalue weighted by Gasteiger charge is 2.65. The molecule has 1 aromatic carbocycles. The van der Waals surface area contributed by atoms with Crippen molar-refractivity contribution in [2.24, 2.45) is 11.8 Å². The highest BCUT2D eigenvalue weighted by atomic mass is 16.5. The van der Waals surface area contributed by atoms with E-state index in [1.54, 1.807) is 0 Å². The number of carbonyl (C=O) groups excluding carboxylic acids is 1. The number of ether oxygens (including phenoxy) is 2.